The molecular weight excluding hydrogens is 358 g/mol. The molecule has 0 bridgehead atoms. The Morgan fingerprint density at radius 2 is 2.08 bits per heavy atom. The summed E-state index contributed by atoms with van der Waals surface area (Å²) in [4.78, 5) is 24.9. The summed E-state index contributed by atoms with van der Waals surface area (Å²) >= 11 is 7.31. The number of carbonyl (C=O) groups excluding carboxylic acids is 2. The number of aryl methyl sites for hydroxylation is 2. The van der Waals surface area contributed by atoms with Gasteiger partial charge in [0.05, 0.1) is 16.8 Å². The Morgan fingerprint density at radius 1 is 1.24 bits per heavy atom. The van der Waals surface area contributed by atoms with Crippen molar-refractivity contribution in [1.82, 2.24) is 5.32 Å². The molecule has 4 nitrogen and oxygen atoms in total. The maximum absolute atomic E-state index is 12.1. The first-order valence-electron chi connectivity index (χ1n) is 8.39. The highest BCUT2D eigenvalue weighted by Gasteiger charge is 2.21. The molecule has 0 fully saturated rings. The molecule has 1 aliphatic carbocycles. The van der Waals surface area contributed by atoms with E-state index < -0.39 is 0 Å². The number of esters is 1. The van der Waals surface area contributed by atoms with E-state index in [9.17, 15) is 9.59 Å². The quantitative estimate of drug-likeness (QED) is 0.772. The highest BCUT2D eigenvalue weighted by molar-refractivity contribution is 7.16. The van der Waals surface area contributed by atoms with Crippen molar-refractivity contribution in [2.45, 2.75) is 38.1 Å². The summed E-state index contributed by atoms with van der Waals surface area (Å²) in [6.07, 6.45) is 3.83. The Morgan fingerprint density at radius 3 is 2.88 bits per heavy atom. The van der Waals surface area contributed by atoms with E-state index in [0.29, 0.717) is 10.8 Å². The van der Waals surface area contributed by atoms with E-state index in [1.807, 2.05) is 24.3 Å². The van der Waals surface area contributed by atoms with Crippen LogP contribution in [-0.4, -0.2) is 18.5 Å². The van der Waals surface area contributed by atoms with Crippen LogP contribution in [-0.2, 0) is 27.2 Å². The molecule has 0 saturated heterocycles. The van der Waals surface area contributed by atoms with Gasteiger partial charge >= 0.3 is 5.97 Å². The number of carbonyl (C=O) groups is 2. The predicted molar refractivity (Wildman–Crippen MR) is 98.9 cm³/mol. The van der Waals surface area contributed by atoms with E-state index in [2.05, 4.69) is 17.4 Å². The van der Waals surface area contributed by atoms with Crippen molar-refractivity contribution in [1.29, 1.82) is 0 Å². The third-order valence-corrected chi connectivity index (χ3v) is 5.56. The van der Waals surface area contributed by atoms with Crippen LogP contribution in [0.4, 0.5) is 0 Å². The topological polar surface area (TPSA) is 55.4 Å². The number of amides is 1. The van der Waals surface area contributed by atoms with Gasteiger partial charge in [0, 0.05) is 4.88 Å². The lowest BCUT2D eigenvalue weighted by Gasteiger charge is -2.26. The largest absolute Gasteiger partial charge is 0.456 e. The molecule has 0 aliphatic heterocycles. The minimum Gasteiger partial charge on any atom is -0.456 e. The molecule has 1 aliphatic rings. The summed E-state index contributed by atoms with van der Waals surface area (Å²) < 4.78 is 5.79. The van der Waals surface area contributed by atoms with Gasteiger partial charge in [-0.05, 0) is 48.9 Å². The van der Waals surface area contributed by atoms with Crippen molar-refractivity contribution in [3.05, 3.63) is 56.7 Å². The molecule has 132 valence electrons. The van der Waals surface area contributed by atoms with Crippen molar-refractivity contribution in [3.8, 4) is 0 Å². The minimum atomic E-state index is -0.372. The van der Waals surface area contributed by atoms with Crippen LogP contribution in [0.25, 0.3) is 0 Å². The summed E-state index contributed by atoms with van der Waals surface area (Å²) in [7, 11) is 0. The fourth-order valence-electron chi connectivity index (χ4n) is 3.07. The van der Waals surface area contributed by atoms with Gasteiger partial charge < -0.3 is 10.1 Å². The predicted octanol–water partition coefficient (Wildman–Crippen LogP) is 4.07. The molecule has 0 saturated carbocycles. The third kappa shape index (κ3) is 5.06. The smallest absolute Gasteiger partial charge is 0.306 e. The van der Waals surface area contributed by atoms with Gasteiger partial charge in [-0.2, -0.15) is 0 Å². The van der Waals surface area contributed by atoms with Gasteiger partial charge in [-0.3, -0.25) is 9.59 Å². The summed E-state index contributed by atoms with van der Waals surface area (Å²) in [5.74, 6) is -0.627. The van der Waals surface area contributed by atoms with Gasteiger partial charge in [0.25, 0.3) is 5.91 Å². The van der Waals surface area contributed by atoms with Gasteiger partial charge in [-0.15, -0.1) is 11.3 Å². The molecule has 1 unspecified atom stereocenters. The second-order valence-corrected chi connectivity index (χ2v) is 7.88. The number of ether oxygens (including phenoxy) is 1. The monoisotopic (exact) mass is 377 g/mol. The average molecular weight is 378 g/mol. The molecule has 0 spiro atoms. The van der Waals surface area contributed by atoms with Gasteiger partial charge in [-0.25, -0.2) is 0 Å². The second kappa shape index (κ2) is 8.50. The fourth-order valence-corrected chi connectivity index (χ4v) is 4.16. The number of hydrogen-bond acceptors (Lipinski definition) is 4. The normalized spacial score (nSPS) is 16.1. The number of halogens is 1. The van der Waals surface area contributed by atoms with Crippen molar-refractivity contribution in [2.24, 2.45) is 0 Å². The van der Waals surface area contributed by atoms with E-state index in [4.69, 9.17) is 16.3 Å². The Kier molecular flexibility index (Phi) is 6.10. The van der Waals surface area contributed by atoms with Gasteiger partial charge in [0.1, 0.15) is 0 Å². The Hall–Kier alpha value is -1.85. The number of nitrogens with one attached hydrogen (secondary N) is 1. The van der Waals surface area contributed by atoms with Crippen molar-refractivity contribution >= 4 is 34.8 Å². The summed E-state index contributed by atoms with van der Waals surface area (Å²) in [6.45, 7) is -0.233. The van der Waals surface area contributed by atoms with E-state index in [0.717, 1.165) is 24.1 Å². The van der Waals surface area contributed by atoms with Crippen LogP contribution in [0, 0.1) is 0 Å². The lowest BCUT2D eigenvalue weighted by Crippen LogP contribution is -2.34. The SMILES string of the molecule is O=C(COC(=O)CCc1ccc(Cl)s1)NC1CCCc2ccccc21. The van der Waals surface area contributed by atoms with E-state index in [1.165, 1.54) is 22.5 Å². The molecule has 3 rings (SSSR count). The minimum absolute atomic E-state index is 0.00409. The van der Waals surface area contributed by atoms with Crippen LogP contribution in [0.1, 0.15) is 41.3 Å². The maximum Gasteiger partial charge on any atom is 0.306 e. The first kappa shape index (κ1) is 18.0. The lowest BCUT2D eigenvalue weighted by atomic mass is 9.88. The molecule has 0 radical (unpaired) electrons. The number of fused-ring (bicyclic) bond motifs is 1. The van der Waals surface area contributed by atoms with Crippen LogP contribution in [0.15, 0.2) is 36.4 Å². The van der Waals surface area contributed by atoms with Gasteiger partial charge in [-0.1, -0.05) is 35.9 Å². The molecule has 1 N–H and O–H groups in total. The van der Waals surface area contributed by atoms with Crippen LogP contribution >= 0.6 is 22.9 Å². The molecular formula is C19H20ClNO3S. The molecule has 1 amide bonds. The number of thiophene rings is 1. The van der Waals surface area contributed by atoms with Gasteiger partial charge in [0.15, 0.2) is 6.61 Å². The average Bonchev–Trinajstić information content (AvgIpc) is 3.04. The highest BCUT2D eigenvalue weighted by atomic mass is 35.5. The molecule has 1 aromatic heterocycles. The van der Waals surface area contributed by atoms with Crippen LogP contribution in [0.3, 0.4) is 0 Å². The Bertz CT molecular complexity index is 759. The standard InChI is InChI=1S/C19H20ClNO3S/c20-17-10-8-14(25-17)9-11-19(23)24-12-18(22)21-16-7-3-5-13-4-1-2-6-15(13)16/h1-2,4,6,8,10,16H,3,5,7,9,11-12H2,(H,21,22). The zero-order chi connectivity index (χ0) is 17.6. The molecule has 1 heterocycles. The summed E-state index contributed by atoms with van der Waals surface area (Å²) in [6, 6.07) is 11.9. The van der Waals surface area contributed by atoms with E-state index in [-0.39, 0.29) is 30.9 Å². The third-order valence-electron chi connectivity index (χ3n) is 4.27. The molecule has 1 atom stereocenters. The van der Waals surface area contributed by atoms with Crippen molar-refractivity contribution in [2.75, 3.05) is 6.61 Å². The Balaban J connectivity index is 1.43. The van der Waals surface area contributed by atoms with E-state index in [1.54, 1.807) is 0 Å². The number of rotatable bonds is 6. The zero-order valence-corrected chi connectivity index (χ0v) is 15.4. The zero-order valence-electron chi connectivity index (χ0n) is 13.8. The van der Waals surface area contributed by atoms with Crippen LogP contribution in [0.2, 0.25) is 4.34 Å². The number of benzene rings is 1. The van der Waals surface area contributed by atoms with Crippen LogP contribution in [0.5, 0.6) is 0 Å². The lowest BCUT2D eigenvalue weighted by molar-refractivity contribution is -0.148. The van der Waals surface area contributed by atoms with Gasteiger partial charge in [0.2, 0.25) is 0 Å². The summed E-state index contributed by atoms with van der Waals surface area (Å²) in [5, 5.41) is 2.98. The molecule has 6 heteroatoms. The second-order valence-electron chi connectivity index (χ2n) is 6.08. The molecule has 25 heavy (non-hydrogen) atoms. The fraction of sp³-hybridized carbons (Fsp3) is 0.368. The van der Waals surface area contributed by atoms with Crippen molar-refractivity contribution in [3.63, 3.8) is 0 Å². The van der Waals surface area contributed by atoms with E-state index >= 15 is 0 Å². The highest BCUT2D eigenvalue weighted by Crippen LogP contribution is 2.29. The van der Waals surface area contributed by atoms with Crippen molar-refractivity contribution < 1.29 is 14.3 Å². The molecule has 2 aromatic rings. The maximum atomic E-state index is 12.1. The Labute approximate surface area is 156 Å². The first-order valence-corrected chi connectivity index (χ1v) is 9.58. The number of hydrogen-bond donors (Lipinski definition) is 1. The van der Waals surface area contributed by atoms with Crippen LogP contribution < -0.4 is 5.32 Å². The molecule has 1 aromatic carbocycles. The first-order chi connectivity index (χ1) is 12.1. The summed E-state index contributed by atoms with van der Waals surface area (Å²) in [5.41, 5.74) is 2.45.